The van der Waals surface area contributed by atoms with Crippen LogP contribution in [0.15, 0.2) is 48.6 Å². The lowest BCUT2D eigenvalue weighted by molar-refractivity contribution is -0.870. The molecule has 0 heterocycles. The highest BCUT2D eigenvalue weighted by atomic mass is 31.2. The number of aliphatic hydroxyl groups excluding tert-OH is 1. The van der Waals surface area contributed by atoms with Crippen LogP contribution >= 0.6 is 7.82 Å². The van der Waals surface area contributed by atoms with Crippen LogP contribution in [0.3, 0.4) is 0 Å². The van der Waals surface area contributed by atoms with Gasteiger partial charge in [-0.2, -0.15) is 0 Å². The number of phosphoric ester groups is 1. The topological polar surface area (TPSA) is 108 Å². The van der Waals surface area contributed by atoms with Gasteiger partial charge in [-0.15, -0.1) is 0 Å². The quantitative estimate of drug-likeness (QED) is 0.0276. The van der Waals surface area contributed by atoms with Crippen molar-refractivity contribution in [2.45, 2.75) is 206 Å². The first-order valence-electron chi connectivity index (χ1n) is 23.0. The SMILES string of the molecule is CCCCCC/C=C\CCCC(=O)NC(COP(=O)([O-])OCC[N+](C)(C)C)C(O)/C=C/CC/C=C/CC/C=C/CCCCCCCCCCCCCCCCC. The molecular formula is C47H89N2O6P. The van der Waals surface area contributed by atoms with Crippen molar-refractivity contribution in [2.24, 2.45) is 0 Å². The number of carbonyl (C=O) groups is 1. The molecule has 2 N–H and O–H groups in total. The van der Waals surface area contributed by atoms with Gasteiger partial charge in [0.1, 0.15) is 13.2 Å². The molecule has 56 heavy (non-hydrogen) atoms. The fraction of sp³-hybridized carbons (Fsp3) is 0.809. The fourth-order valence-electron chi connectivity index (χ4n) is 6.30. The summed E-state index contributed by atoms with van der Waals surface area (Å²) in [7, 11) is 1.21. The number of hydrogen-bond donors (Lipinski definition) is 2. The number of hydrogen-bond acceptors (Lipinski definition) is 6. The number of phosphoric acid groups is 1. The number of aliphatic hydroxyl groups is 1. The molecule has 8 nitrogen and oxygen atoms in total. The second kappa shape index (κ2) is 38.9. The summed E-state index contributed by atoms with van der Waals surface area (Å²) >= 11 is 0. The maximum atomic E-state index is 12.7. The van der Waals surface area contributed by atoms with Crippen molar-refractivity contribution in [2.75, 3.05) is 40.9 Å². The van der Waals surface area contributed by atoms with E-state index in [1.54, 1.807) is 6.08 Å². The number of likely N-dealkylation sites (N-methyl/N-ethyl adjacent to an activating group) is 1. The van der Waals surface area contributed by atoms with E-state index >= 15 is 0 Å². The summed E-state index contributed by atoms with van der Waals surface area (Å²) < 4.78 is 23.1. The minimum Gasteiger partial charge on any atom is -0.756 e. The molecule has 0 aliphatic heterocycles. The molecule has 0 radical (unpaired) electrons. The van der Waals surface area contributed by atoms with Gasteiger partial charge in [0, 0.05) is 6.42 Å². The van der Waals surface area contributed by atoms with Crippen LogP contribution in [0.5, 0.6) is 0 Å². The number of unbranched alkanes of at least 4 members (excludes halogenated alkanes) is 22. The van der Waals surface area contributed by atoms with Crippen LogP contribution in [-0.2, 0) is 18.4 Å². The van der Waals surface area contributed by atoms with Gasteiger partial charge in [-0.05, 0) is 64.2 Å². The Morgan fingerprint density at radius 2 is 1.00 bits per heavy atom. The first-order valence-corrected chi connectivity index (χ1v) is 24.5. The highest BCUT2D eigenvalue weighted by Gasteiger charge is 2.23. The zero-order chi connectivity index (χ0) is 41.4. The number of rotatable bonds is 41. The van der Waals surface area contributed by atoms with Crippen molar-refractivity contribution in [3.05, 3.63) is 48.6 Å². The zero-order valence-electron chi connectivity index (χ0n) is 37.1. The van der Waals surface area contributed by atoms with Crippen LogP contribution < -0.4 is 10.2 Å². The van der Waals surface area contributed by atoms with E-state index in [0.717, 1.165) is 38.5 Å². The van der Waals surface area contributed by atoms with E-state index in [0.29, 0.717) is 17.4 Å². The molecule has 0 bridgehead atoms. The second-order valence-corrected chi connectivity index (χ2v) is 18.1. The first kappa shape index (κ1) is 54.5. The van der Waals surface area contributed by atoms with E-state index in [4.69, 9.17) is 9.05 Å². The molecular weight excluding hydrogens is 719 g/mol. The third kappa shape index (κ3) is 40.6. The fourth-order valence-corrected chi connectivity index (χ4v) is 7.03. The predicted molar refractivity (Wildman–Crippen MR) is 238 cm³/mol. The second-order valence-electron chi connectivity index (χ2n) is 16.7. The molecule has 0 rings (SSSR count). The van der Waals surface area contributed by atoms with Gasteiger partial charge in [0.15, 0.2) is 0 Å². The molecule has 9 heteroatoms. The molecule has 0 saturated heterocycles. The van der Waals surface area contributed by atoms with E-state index in [9.17, 15) is 19.4 Å². The number of allylic oxidation sites excluding steroid dienone is 7. The van der Waals surface area contributed by atoms with E-state index in [-0.39, 0.29) is 18.9 Å². The molecule has 1 amide bonds. The summed E-state index contributed by atoms with van der Waals surface area (Å²) in [5, 5.41) is 13.7. The third-order valence-corrected chi connectivity index (χ3v) is 11.0. The lowest BCUT2D eigenvalue weighted by atomic mass is 10.0. The molecule has 328 valence electrons. The molecule has 0 spiro atoms. The lowest BCUT2D eigenvalue weighted by Gasteiger charge is -2.29. The lowest BCUT2D eigenvalue weighted by Crippen LogP contribution is -2.45. The number of quaternary nitrogens is 1. The van der Waals surface area contributed by atoms with E-state index in [1.165, 1.54) is 128 Å². The molecule has 3 atom stereocenters. The zero-order valence-corrected chi connectivity index (χ0v) is 38.0. The Labute approximate surface area is 346 Å². The van der Waals surface area contributed by atoms with E-state index in [2.05, 4.69) is 55.6 Å². The minimum absolute atomic E-state index is 0.0146. The Balaban J connectivity index is 4.34. The van der Waals surface area contributed by atoms with Crippen LogP contribution in [0.2, 0.25) is 0 Å². The van der Waals surface area contributed by atoms with Crippen molar-refractivity contribution in [3.8, 4) is 0 Å². The van der Waals surface area contributed by atoms with Crippen LogP contribution in [0.4, 0.5) is 0 Å². The Bertz CT molecular complexity index is 1050. The summed E-state index contributed by atoms with van der Waals surface area (Å²) in [5.41, 5.74) is 0. The molecule has 0 saturated carbocycles. The van der Waals surface area contributed by atoms with Gasteiger partial charge in [0.25, 0.3) is 7.82 Å². The average Bonchev–Trinajstić information content (AvgIpc) is 3.15. The maximum absolute atomic E-state index is 12.7. The Kier molecular flexibility index (Phi) is 37.9. The van der Waals surface area contributed by atoms with Gasteiger partial charge in [-0.3, -0.25) is 9.36 Å². The summed E-state index contributed by atoms with van der Waals surface area (Å²) in [6, 6.07) is -0.922. The molecule has 0 fully saturated rings. The number of nitrogens with zero attached hydrogens (tertiary/aromatic N) is 1. The minimum atomic E-state index is -4.60. The maximum Gasteiger partial charge on any atom is 0.268 e. The first-order chi connectivity index (χ1) is 27.0. The van der Waals surface area contributed by atoms with Gasteiger partial charge in [-0.25, -0.2) is 0 Å². The van der Waals surface area contributed by atoms with Crippen molar-refractivity contribution < 1.29 is 32.9 Å². The Hall–Kier alpha value is -1.54. The number of amides is 1. The third-order valence-electron chi connectivity index (χ3n) is 9.99. The molecule has 0 aromatic rings. The normalized spacial score (nSPS) is 14.8. The molecule has 0 aliphatic rings. The highest BCUT2D eigenvalue weighted by molar-refractivity contribution is 7.45. The molecule has 0 aliphatic carbocycles. The summed E-state index contributed by atoms with van der Waals surface area (Å²) in [6.45, 7) is 4.55. The van der Waals surface area contributed by atoms with Crippen molar-refractivity contribution in [1.29, 1.82) is 0 Å². The summed E-state index contributed by atoms with van der Waals surface area (Å²) in [5.74, 6) is -0.249. The van der Waals surface area contributed by atoms with Gasteiger partial charge < -0.3 is 28.8 Å². The Morgan fingerprint density at radius 3 is 1.46 bits per heavy atom. The monoisotopic (exact) mass is 809 g/mol. The summed E-state index contributed by atoms with van der Waals surface area (Å²) in [6.07, 6.45) is 49.1. The van der Waals surface area contributed by atoms with Gasteiger partial charge >= 0.3 is 0 Å². The average molecular weight is 809 g/mol. The van der Waals surface area contributed by atoms with Gasteiger partial charge in [0.2, 0.25) is 5.91 Å². The smallest absolute Gasteiger partial charge is 0.268 e. The van der Waals surface area contributed by atoms with Crippen molar-refractivity contribution >= 4 is 13.7 Å². The highest BCUT2D eigenvalue weighted by Crippen LogP contribution is 2.38. The molecule has 3 unspecified atom stereocenters. The van der Waals surface area contributed by atoms with Crippen molar-refractivity contribution in [1.82, 2.24) is 5.32 Å². The van der Waals surface area contributed by atoms with Gasteiger partial charge in [-0.1, -0.05) is 172 Å². The predicted octanol–water partition coefficient (Wildman–Crippen LogP) is 12.2. The van der Waals surface area contributed by atoms with E-state index < -0.39 is 26.6 Å². The molecule has 0 aromatic heterocycles. The number of nitrogens with one attached hydrogen (secondary N) is 1. The van der Waals surface area contributed by atoms with Crippen LogP contribution in [0.1, 0.15) is 194 Å². The molecule has 0 aromatic carbocycles. The number of carbonyl (C=O) groups excluding carboxylic acids is 1. The van der Waals surface area contributed by atoms with Crippen LogP contribution in [-0.4, -0.2) is 68.5 Å². The largest absolute Gasteiger partial charge is 0.756 e. The van der Waals surface area contributed by atoms with Gasteiger partial charge in [0.05, 0.1) is 39.9 Å². The Morgan fingerprint density at radius 1 is 0.607 bits per heavy atom. The van der Waals surface area contributed by atoms with E-state index in [1.807, 2.05) is 27.2 Å². The summed E-state index contributed by atoms with van der Waals surface area (Å²) in [4.78, 5) is 25.1. The van der Waals surface area contributed by atoms with Crippen LogP contribution in [0.25, 0.3) is 0 Å². The van der Waals surface area contributed by atoms with Crippen LogP contribution in [0, 0.1) is 0 Å². The standard InChI is InChI=1S/C47H89N2O6P/c1-6-8-10-12-14-16-17-18-19-20-21-22-23-24-25-26-27-28-29-30-31-33-34-36-38-40-46(50)45(44-55-56(52,53)54-43-42-49(3,4)5)48-47(51)41-39-37-35-32-15-13-11-9-7-2/h27-28,31-33,35,38,40,45-46,50H,6-26,29-30,34,36-37,39,41-44H2,1-5H3,(H-,48,51,52,53)/b28-27+,33-31+,35-32-,40-38+. The van der Waals surface area contributed by atoms with Crippen molar-refractivity contribution in [3.63, 3.8) is 0 Å².